The number of hydrogen-bond acceptors (Lipinski definition) is 7. The van der Waals surface area contributed by atoms with E-state index >= 15 is 0 Å². The molecule has 5 rings (SSSR count). The number of fused-ring (bicyclic) bond motifs is 2. The van der Waals surface area contributed by atoms with Crippen molar-refractivity contribution >= 4 is 39.6 Å². The first-order valence-electron chi connectivity index (χ1n) is 12.1. The highest BCUT2D eigenvalue weighted by Crippen LogP contribution is 2.30. The molecule has 5 aromatic rings. The number of anilines is 3. The lowest BCUT2D eigenvalue weighted by Gasteiger charge is -2.13. The van der Waals surface area contributed by atoms with Gasteiger partial charge in [-0.1, -0.05) is 5.92 Å². The number of nitrogens with zero attached hydrogens (tertiary/aromatic N) is 5. The Morgan fingerprint density at radius 3 is 2.79 bits per heavy atom. The summed E-state index contributed by atoms with van der Waals surface area (Å²) in [5.41, 5.74) is 3.96. The summed E-state index contributed by atoms with van der Waals surface area (Å²) >= 11 is 0. The van der Waals surface area contributed by atoms with Crippen LogP contribution >= 0.6 is 0 Å². The second-order valence-electron chi connectivity index (χ2n) is 8.65. The standard InChI is InChI=1S/C28H26N8O2/c1-19-14-20(8-10-25(19)38-22-11-13-36-26(16-22)32-18-35(36)3)34-28-23-15-21(7-9-24(23)30-17-31-28)33-27(37)6-4-5-12-29-2/h7-11,13-18,29H,5,12H2,1-3H3,(H-,30,31,33,34,37)/p+1. The molecule has 0 bridgehead atoms. The molecule has 3 N–H and O–H groups in total. The predicted molar refractivity (Wildman–Crippen MR) is 145 cm³/mol. The number of carbonyl (C=O) groups is 1. The number of aryl methyl sites for hydroxylation is 2. The van der Waals surface area contributed by atoms with Gasteiger partial charge in [-0.15, -0.1) is 4.52 Å². The van der Waals surface area contributed by atoms with E-state index in [2.05, 4.69) is 42.7 Å². The van der Waals surface area contributed by atoms with Crippen molar-refractivity contribution in [3.63, 3.8) is 0 Å². The van der Waals surface area contributed by atoms with Crippen LogP contribution in [-0.2, 0) is 11.8 Å². The quantitative estimate of drug-likeness (QED) is 0.176. The molecule has 3 heterocycles. The predicted octanol–water partition coefficient (Wildman–Crippen LogP) is 3.50. The Bertz CT molecular complexity index is 1700. The van der Waals surface area contributed by atoms with Crippen molar-refractivity contribution in [2.45, 2.75) is 13.3 Å². The van der Waals surface area contributed by atoms with Gasteiger partial charge in [-0.25, -0.2) is 9.97 Å². The molecule has 0 radical (unpaired) electrons. The minimum Gasteiger partial charge on any atom is -0.457 e. The average molecular weight is 508 g/mol. The van der Waals surface area contributed by atoms with Crippen molar-refractivity contribution in [2.75, 3.05) is 24.2 Å². The van der Waals surface area contributed by atoms with Crippen molar-refractivity contribution in [3.8, 4) is 23.3 Å². The van der Waals surface area contributed by atoms with Crippen LogP contribution in [0.15, 0.2) is 67.4 Å². The van der Waals surface area contributed by atoms with Crippen molar-refractivity contribution in [1.29, 1.82) is 0 Å². The van der Waals surface area contributed by atoms with Crippen LogP contribution in [-0.4, -0.2) is 39.0 Å². The molecule has 38 heavy (non-hydrogen) atoms. The first-order valence-corrected chi connectivity index (χ1v) is 12.1. The van der Waals surface area contributed by atoms with E-state index in [1.807, 2.05) is 78.9 Å². The van der Waals surface area contributed by atoms with Gasteiger partial charge < -0.3 is 20.7 Å². The van der Waals surface area contributed by atoms with E-state index in [1.165, 1.54) is 6.33 Å². The van der Waals surface area contributed by atoms with E-state index in [9.17, 15) is 4.79 Å². The molecule has 0 aliphatic carbocycles. The van der Waals surface area contributed by atoms with Gasteiger partial charge in [-0.3, -0.25) is 4.79 Å². The van der Waals surface area contributed by atoms with Crippen molar-refractivity contribution in [1.82, 2.24) is 24.8 Å². The SMILES string of the molecule is CNCCC#CC(=O)Nc1ccc2ncnc(Nc3ccc(Oc4ccn5c(c4)nc[n+]5C)c(C)c3)c2c1. The van der Waals surface area contributed by atoms with Crippen molar-refractivity contribution in [2.24, 2.45) is 7.05 Å². The Hall–Kier alpha value is -5.01. The molecule has 1 amide bonds. The third-order valence-electron chi connectivity index (χ3n) is 5.84. The number of amides is 1. The zero-order valence-corrected chi connectivity index (χ0v) is 21.3. The van der Waals surface area contributed by atoms with E-state index in [-0.39, 0.29) is 5.91 Å². The number of hydrogen-bond donors (Lipinski definition) is 3. The summed E-state index contributed by atoms with van der Waals surface area (Å²) in [4.78, 5) is 25.3. The van der Waals surface area contributed by atoms with Crippen molar-refractivity contribution < 1.29 is 14.2 Å². The summed E-state index contributed by atoms with van der Waals surface area (Å²) in [5.74, 6) is 7.15. The lowest BCUT2D eigenvalue weighted by atomic mass is 10.1. The summed E-state index contributed by atoms with van der Waals surface area (Å²) in [7, 11) is 3.77. The van der Waals surface area contributed by atoms with Crippen LogP contribution in [0, 0.1) is 18.8 Å². The summed E-state index contributed by atoms with van der Waals surface area (Å²) < 4.78 is 9.94. The molecule has 0 atom stereocenters. The van der Waals surface area contributed by atoms with Crippen LogP contribution in [0.4, 0.5) is 17.2 Å². The number of pyridine rings is 1. The Morgan fingerprint density at radius 1 is 1.08 bits per heavy atom. The summed E-state index contributed by atoms with van der Waals surface area (Å²) in [6.07, 6.45) is 5.77. The Morgan fingerprint density at radius 2 is 1.95 bits per heavy atom. The van der Waals surface area contributed by atoms with Crippen LogP contribution in [0.1, 0.15) is 12.0 Å². The molecule has 190 valence electrons. The second-order valence-corrected chi connectivity index (χ2v) is 8.65. The molecule has 0 fully saturated rings. The molecule has 0 aliphatic heterocycles. The Balaban J connectivity index is 1.33. The van der Waals surface area contributed by atoms with Crippen LogP contribution in [0.25, 0.3) is 16.6 Å². The molecule has 0 saturated carbocycles. The van der Waals surface area contributed by atoms with Crippen LogP contribution < -0.4 is 25.4 Å². The fourth-order valence-electron chi connectivity index (χ4n) is 3.92. The molecule has 0 unspecified atom stereocenters. The highest BCUT2D eigenvalue weighted by molar-refractivity contribution is 6.05. The third kappa shape index (κ3) is 5.53. The topological polar surface area (TPSA) is 109 Å². The fourth-order valence-corrected chi connectivity index (χ4v) is 3.92. The molecule has 3 aromatic heterocycles. The first kappa shape index (κ1) is 24.7. The zero-order chi connectivity index (χ0) is 26.5. The number of rotatable bonds is 7. The van der Waals surface area contributed by atoms with Gasteiger partial charge in [0.1, 0.15) is 30.7 Å². The number of aromatic nitrogens is 5. The minimum absolute atomic E-state index is 0.362. The van der Waals surface area contributed by atoms with Crippen molar-refractivity contribution in [3.05, 3.63) is 72.9 Å². The van der Waals surface area contributed by atoms with E-state index in [1.54, 1.807) is 12.4 Å². The molecule has 0 spiro atoms. The van der Waals surface area contributed by atoms with E-state index in [0.29, 0.717) is 23.7 Å². The number of ether oxygens (including phenoxy) is 1. The van der Waals surface area contributed by atoms with Crippen LogP contribution in [0.5, 0.6) is 11.5 Å². The van der Waals surface area contributed by atoms with Gasteiger partial charge in [-0.2, -0.15) is 4.68 Å². The molecular weight excluding hydrogens is 480 g/mol. The lowest BCUT2D eigenvalue weighted by Crippen LogP contribution is -2.33. The number of nitrogens with one attached hydrogen (secondary N) is 3. The molecule has 0 saturated heterocycles. The maximum Gasteiger partial charge on any atom is 0.307 e. The van der Waals surface area contributed by atoms with Gasteiger partial charge >= 0.3 is 6.33 Å². The monoisotopic (exact) mass is 507 g/mol. The van der Waals surface area contributed by atoms with Gasteiger partial charge in [0.15, 0.2) is 0 Å². The van der Waals surface area contributed by atoms with Crippen LogP contribution in [0.3, 0.4) is 0 Å². The fraction of sp³-hybridized carbons (Fsp3) is 0.179. The zero-order valence-electron chi connectivity index (χ0n) is 21.3. The van der Waals surface area contributed by atoms with Gasteiger partial charge in [-0.05, 0) is 66.8 Å². The third-order valence-corrected chi connectivity index (χ3v) is 5.84. The molecule has 10 heteroatoms. The van der Waals surface area contributed by atoms with E-state index in [0.717, 1.165) is 40.1 Å². The minimum atomic E-state index is -0.362. The molecule has 2 aromatic carbocycles. The first-order chi connectivity index (χ1) is 18.5. The highest BCUT2D eigenvalue weighted by Gasteiger charge is 2.11. The highest BCUT2D eigenvalue weighted by atomic mass is 16.5. The van der Waals surface area contributed by atoms with Gasteiger partial charge in [0.05, 0.1) is 17.8 Å². The van der Waals surface area contributed by atoms with Gasteiger partial charge in [0.25, 0.3) is 11.6 Å². The van der Waals surface area contributed by atoms with Crippen LogP contribution in [0.2, 0.25) is 0 Å². The average Bonchev–Trinajstić information content (AvgIpc) is 3.28. The summed E-state index contributed by atoms with van der Waals surface area (Å²) in [5, 5.41) is 9.94. The maximum absolute atomic E-state index is 12.2. The van der Waals surface area contributed by atoms with E-state index in [4.69, 9.17) is 4.74 Å². The smallest absolute Gasteiger partial charge is 0.307 e. The molecule has 10 nitrogen and oxygen atoms in total. The number of benzene rings is 2. The second kappa shape index (κ2) is 10.9. The van der Waals surface area contributed by atoms with Gasteiger partial charge in [0, 0.05) is 35.8 Å². The van der Waals surface area contributed by atoms with Gasteiger partial charge in [0.2, 0.25) is 0 Å². The Labute approximate surface area is 219 Å². The maximum atomic E-state index is 12.2. The molecule has 0 aliphatic rings. The largest absolute Gasteiger partial charge is 0.457 e. The summed E-state index contributed by atoms with van der Waals surface area (Å²) in [6.45, 7) is 2.72. The Kier molecular flexibility index (Phi) is 7.10. The normalized spacial score (nSPS) is 10.7. The molecular formula is C28H27N8O2+. The van der Waals surface area contributed by atoms with E-state index < -0.39 is 0 Å². The number of carbonyl (C=O) groups excluding carboxylic acids is 1. The lowest BCUT2D eigenvalue weighted by molar-refractivity contribution is -0.739. The summed E-state index contributed by atoms with van der Waals surface area (Å²) in [6, 6.07) is 15.1.